The van der Waals surface area contributed by atoms with E-state index in [1.807, 2.05) is 55.5 Å². The number of ether oxygens (including phenoxy) is 1. The zero-order chi connectivity index (χ0) is 23.2. The number of aldehydes is 1. The molecule has 166 valence electrons. The number of nitrogens with zero attached hydrogens (tertiary/aromatic N) is 2. The third kappa shape index (κ3) is 4.85. The van der Waals surface area contributed by atoms with Crippen molar-refractivity contribution in [2.45, 2.75) is 19.8 Å². The monoisotopic (exact) mass is 439 g/mol. The van der Waals surface area contributed by atoms with E-state index in [9.17, 15) is 9.59 Å². The van der Waals surface area contributed by atoms with Gasteiger partial charge in [0.05, 0.1) is 12.8 Å². The van der Waals surface area contributed by atoms with Crippen molar-refractivity contribution in [1.29, 1.82) is 0 Å². The number of benzene rings is 2. The van der Waals surface area contributed by atoms with E-state index in [-0.39, 0.29) is 5.91 Å². The zero-order valence-electron chi connectivity index (χ0n) is 18.6. The first-order valence-electron chi connectivity index (χ1n) is 10.7. The van der Waals surface area contributed by atoms with Crippen LogP contribution in [0.4, 0.5) is 5.69 Å². The van der Waals surface area contributed by atoms with Gasteiger partial charge in [-0.15, -0.1) is 0 Å². The van der Waals surface area contributed by atoms with Crippen LogP contribution in [0.3, 0.4) is 0 Å². The topological polar surface area (TPSA) is 73.2 Å². The van der Waals surface area contributed by atoms with Gasteiger partial charge in [-0.3, -0.25) is 9.78 Å². The Morgan fingerprint density at radius 2 is 1.79 bits per heavy atom. The van der Waals surface area contributed by atoms with E-state index in [1.165, 1.54) is 0 Å². The van der Waals surface area contributed by atoms with Crippen LogP contribution >= 0.6 is 0 Å². The van der Waals surface area contributed by atoms with E-state index in [4.69, 9.17) is 4.74 Å². The Morgan fingerprint density at radius 3 is 2.45 bits per heavy atom. The molecule has 2 heterocycles. The van der Waals surface area contributed by atoms with E-state index in [2.05, 4.69) is 20.9 Å². The van der Waals surface area contributed by atoms with E-state index in [0.29, 0.717) is 24.1 Å². The Labute approximate surface area is 192 Å². The normalized spacial score (nSPS) is 10.6. The van der Waals surface area contributed by atoms with Crippen molar-refractivity contribution < 1.29 is 14.3 Å². The predicted molar refractivity (Wildman–Crippen MR) is 129 cm³/mol. The van der Waals surface area contributed by atoms with Gasteiger partial charge in [-0.2, -0.15) is 0 Å². The van der Waals surface area contributed by atoms with Crippen molar-refractivity contribution in [3.63, 3.8) is 0 Å². The summed E-state index contributed by atoms with van der Waals surface area (Å²) in [6.45, 7) is 1.99. The van der Waals surface area contributed by atoms with Gasteiger partial charge in [0.25, 0.3) is 5.91 Å². The van der Waals surface area contributed by atoms with Crippen LogP contribution in [-0.2, 0) is 11.2 Å². The molecule has 6 nitrogen and oxygen atoms in total. The molecule has 1 N–H and O–H groups in total. The molecular weight excluding hydrogens is 414 g/mol. The molecule has 0 aliphatic rings. The Balaban J connectivity index is 1.71. The maximum atomic E-state index is 12.7. The van der Waals surface area contributed by atoms with Crippen molar-refractivity contribution in [3.05, 3.63) is 95.9 Å². The summed E-state index contributed by atoms with van der Waals surface area (Å²) in [4.78, 5) is 27.7. The molecule has 0 unspecified atom stereocenters. The number of hydrogen-bond acceptors (Lipinski definition) is 4. The molecule has 33 heavy (non-hydrogen) atoms. The van der Waals surface area contributed by atoms with Gasteiger partial charge in [0.1, 0.15) is 12.0 Å². The molecule has 4 rings (SSSR count). The second-order valence-electron chi connectivity index (χ2n) is 7.67. The number of aromatic nitrogens is 2. The second kappa shape index (κ2) is 9.96. The molecule has 0 fully saturated rings. The molecular formula is C27H25N3O3. The summed E-state index contributed by atoms with van der Waals surface area (Å²) < 4.78 is 7.45. The number of methoxy groups -OCH3 is 1. The Morgan fingerprint density at radius 1 is 1.03 bits per heavy atom. The predicted octanol–water partition coefficient (Wildman–Crippen LogP) is 5.24. The summed E-state index contributed by atoms with van der Waals surface area (Å²) in [6.07, 6.45) is 5.28. The van der Waals surface area contributed by atoms with Gasteiger partial charge >= 0.3 is 0 Å². The molecule has 0 saturated carbocycles. The van der Waals surface area contributed by atoms with Gasteiger partial charge in [0, 0.05) is 41.4 Å². The lowest BCUT2D eigenvalue weighted by atomic mass is 10.1. The minimum Gasteiger partial charge on any atom is -0.497 e. The Hall–Kier alpha value is -4.19. The van der Waals surface area contributed by atoms with Crippen molar-refractivity contribution in [1.82, 2.24) is 9.55 Å². The lowest BCUT2D eigenvalue weighted by Gasteiger charge is -2.17. The van der Waals surface area contributed by atoms with E-state index >= 15 is 0 Å². The average molecular weight is 440 g/mol. The van der Waals surface area contributed by atoms with Crippen LogP contribution in [0, 0.1) is 6.92 Å². The standard InChI is InChI=1S/C27H25N3O3/c1-19-18-21(27(32)29-22-13-15-28-16-14-22)7-11-25(19)30-23(4-3-17-31)8-12-26(30)20-5-9-24(33-2)10-6-20/h5-18H,3-4H2,1-2H3,(H,28,29,32). The van der Waals surface area contributed by atoms with E-state index in [1.54, 1.807) is 31.6 Å². The van der Waals surface area contributed by atoms with E-state index in [0.717, 1.165) is 40.2 Å². The van der Waals surface area contributed by atoms with Crippen LogP contribution in [0.5, 0.6) is 5.75 Å². The van der Waals surface area contributed by atoms with Gasteiger partial charge in [-0.1, -0.05) is 0 Å². The molecule has 0 spiro atoms. The third-order valence-corrected chi connectivity index (χ3v) is 5.50. The van der Waals surface area contributed by atoms with E-state index < -0.39 is 0 Å². The fraction of sp³-hybridized carbons (Fsp3) is 0.148. The minimum atomic E-state index is -0.181. The highest BCUT2D eigenvalue weighted by Gasteiger charge is 2.16. The van der Waals surface area contributed by atoms with Gasteiger partial charge in [-0.05, 0) is 91.2 Å². The molecule has 0 saturated heterocycles. The number of hydrogen-bond donors (Lipinski definition) is 1. The molecule has 0 aliphatic carbocycles. The zero-order valence-corrected chi connectivity index (χ0v) is 18.6. The number of nitrogens with one attached hydrogen (secondary N) is 1. The van der Waals surface area contributed by atoms with Crippen LogP contribution in [0.25, 0.3) is 16.9 Å². The van der Waals surface area contributed by atoms with Crippen LogP contribution in [0.15, 0.2) is 79.1 Å². The largest absolute Gasteiger partial charge is 0.497 e. The Bertz CT molecular complexity index is 1260. The maximum Gasteiger partial charge on any atom is 0.255 e. The first-order chi connectivity index (χ1) is 16.1. The van der Waals surface area contributed by atoms with Crippen molar-refractivity contribution in [2.75, 3.05) is 12.4 Å². The van der Waals surface area contributed by atoms with Gasteiger partial charge in [-0.25, -0.2) is 0 Å². The molecule has 0 aliphatic heterocycles. The fourth-order valence-electron chi connectivity index (χ4n) is 3.84. The molecule has 0 atom stereocenters. The molecule has 4 aromatic rings. The highest BCUT2D eigenvalue weighted by atomic mass is 16.5. The van der Waals surface area contributed by atoms with Crippen LogP contribution < -0.4 is 10.1 Å². The maximum absolute atomic E-state index is 12.7. The highest BCUT2D eigenvalue weighted by Crippen LogP contribution is 2.30. The van der Waals surface area contributed by atoms with Crippen LogP contribution in [0.2, 0.25) is 0 Å². The fourth-order valence-corrected chi connectivity index (χ4v) is 3.84. The first kappa shape index (κ1) is 22.0. The summed E-state index contributed by atoms with van der Waals surface area (Å²) in [5.41, 5.74) is 6.26. The summed E-state index contributed by atoms with van der Waals surface area (Å²) in [6, 6.07) is 21.1. The minimum absolute atomic E-state index is 0.181. The molecule has 1 amide bonds. The smallest absolute Gasteiger partial charge is 0.255 e. The summed E-state index contributed by atoms with van der Waals surface area (Å²) >= 11 is 0. The van der Waals surface area contributed by atoms with Gasteiger partial charge < -0.3 is 19.4 Å². The molecule has 0 bridgehead atoms. The third-order valence-electron chi connectivity index (χ3n) is 5.50. The van der Waals surface area contributed by atoms with Crippen molar-refractivity contribution >= 4 is 17.9 Å². The molecule has 2 aromatic carbocycles. The quantitative estimate of drug-likeness (QED) is 0.381. The lowest BCUT2D eigenvalue weighted by Crippen LogP contribution is -2.13. The number of amides is 1. The SMILES string of the molecule is COc1ccc(-c2ccc(CCC=O)n2-c2ccc(C(=O)Nc3ccncc3)cc2C)cc1. The van der Waals surface area contributed by atoms with Crippen LogP contribution in [0.1, 0.15) is 28.0 Å². The lowest BCUT2D eigenvalue weighted by molar-refractivity contribution is -0.107. The number of pyridine rings is 1. The van der Waals surface area contributed by atoms with Gasteiger partial charge in [0.2, 0.25) is 0 Å². The number of aryl methyl sites for hydroxylation is 2. The Kier molecular flexibility index (Phi) is 6.64. The highest BCUT2D eigenvalue weighted by molar-refractivity contribution is 6.04. The van der Waals surface area contributed by atoms with Gasteiger partial charge in [0.15, 0.2) is 0 Å². The molecule has 2 aromatic heterocycles. The number of carbonyl (C=O) groups excluding carboxylic acids is 2. The molecule has 0 radical (unpaired) electrons. The average Bonchev–Trinajstić information content (AvgIpc) is 3.26. The summed E-state index contributed by atoms with van der Waals surface area (Å²) in [7, 11) is 1.64. The van der Waals surface area contributed by atoms with Crippen molar-refractivity contribution in [2.24, 2.45) is 0 Å². The number of carbonyl (C=O) groups is 2. The van der Waals surface area contributed by atoms with Crippen molar-refractivity contribution in [3.8, 4) is 22.7 Å². The molecule has 6 heteroatoms. The number of rotatable bonds is 8. The first-order valence-corrected chi connectivity index (χ1v) is 10.7. The van der Waals surface area contributed by atoms with Crippen LogP contribution in [-0.4, -0.2) is 28.9 Å². The number of anilines is 1. The summed E-state index contributed by atoms with van der Waals surface area (Å²) in [5.74, 6) is 0.610. The second-order valence-corrected chi connectivity index (χ2v) is 7.67. The summed E-state index contributed by atoms with van der Waals surface area (Å²) in [5, 5.41) is 2.89.